The van der Waals surface area contributed by atoms with Crippen LogP contribution in [-0.2, 0) is 22.0 Å². The Bertz CT molecular complexity index is 1830. The predicted molar refractivity (Wildman–Crippen MR) is 173 cm³/mol. The quantitative estimate of drug-likeness (QED) is 0.178. The molecule has 1 atom stereocenters. The minimum absolute atomic E-state index is 0.113. The van der Waals surface area contributed by atoms with E-state index in [1.54, 1.807) is 31.2 Å². The van der Waals surface area contributed by atoms with E-state index in [-0.39, 0.29) is 29.4 Å². The Morgan fingerprint density at radius 3 is 2.14 bits per heavy atom. The lowest BCUT2D eigenvalue weighted by molar-refractivity contribution is 0.0918. The van der Waals surface area contributed by atoms with Gasteiger partial charge in [-0.05, 0) is 59.4 Å². The first-order valence-electron chi connectivity index (χ1n) is 14.3. The molecule has 4 aromatic carbocycles. The number of aromatic nitrogens is 1. The van der Waals surface area contributed by atoms with Gasteiger partial charge in [0, 0.05) is 22.5 Å². The zero-order valence-corrected chi connectivity index (χ0v) is 25.7. The van der Waals surface area contributed by atoms with Gasteiger partial charge in [-0.25, -0.2) is 8.42 Å². The number of carbonyl (C=O) groups excluding carboxylic acids is 1. The monoisotopic (exact) mass is 595 g/mol. The van der Waals surface area contributed by atoms with E-state index in [2.05, 4.69) is 31.1 Å². The molecule has 1 aromatic heterocycles. The van der Waals surface area contributed by atoms with E-state index in [0.29, 0.717) is 27.8 Å². The third kappa shape index (κ3) is 6.35. The summed E-state index contributed by atoms with van der Waals surface area (Å²) in [5.74, 6) is -0.356. The Labute approximate surface area is 253 Å². The number of fused-ring (bicyclic) bond motifs is 1. The van der Waals surface area contributed by atoms with Gasteiger partial charge in [0.05, 0.1) is 23.7 Å². The van der Waals surface area contributed by atoms with Crippen molar-refractivity contribution in [1.29, 1.82) is 0 Å². The number of H-pyrrole nitrogens is 1. The van der Waals surface area contributed by atoms with E-state index in [4.69, 9.17) is 0 Å². The number of amides is 1. The van der Waals surface area contributed by atoms with Crippen molar-refractivity contribution in [3.63, 3.8) is 0 Å². The Kier molecular flexibility index (Phi) is 8.44. The van der Waals surface area contributed by atoms with E-state index in [0.717, 1.165) is 16.7 Å². The van der Waals surface area contributed by atoms with E-state index < -0.39 is 16.1 Å². The number of nitrogens with one attached hydrogen (secondary N) is 2. The highest BCUT2D eigenvalue weighted by atomic mass is 32.2. The molecule has 0 spiro atoms. The molecule has 222 valence electrons. The topological polar surface area (TPSA) is 102 Å². The van der Waals surface area contributed by atoms with Crippen LogP contribution in [0.4, 0.5) is 5.69 Å². The molecule has 43 heavy (non-hydrogen) atoms. The standard InChI is InChI=1S/C35H37N3O4S/c1-24(23-39)36-34(40)33-32(26-13-9-6-10-14-26)30-21-28(17-20-31(30)37-33)38(22-25-11-7-5-8-12-25)43(41,42)29-18-15-27(16-19-29)35(2,3)4/h5-21,24,37,39H,22-23H2,1-4H3,(H,36,40). The zero-order chi connectivity index (χ0) is 30.8. The molecule has 0 radical (unpaired) electrons. The maximum Gasteiger partial charge on any atom is 0.268 e. The second kappa shape index (κ2) is 12.1. The maximum absolute atomic E-state index is 14.3. The molecule has 3 N–H and O–H groups in total. The number of nitrogens with zero attached hydrogens (tertiary/aromatic N) is 1. The molecule has 1 unspecified atom stereocenters. The number of rotatable bonds is 9. The second-order valence-electron chi connectivity index (χ2n) is 11.8. The molecule has 0 saturated heterocycles. The van der Waals surface area contributed by atoms with Crippen LogP contribution in [0.25, 0.3) is 22.0 Å². The molecule has 1 amide bonds. The van der Waals surface area contributed by atoms with Crippen molar-refractivity contribution < 1.29 is 18.3 Å². The van der Waals surface area contributed by atoms with Gasteiger partial charge in [0.1, 0.15) is 5.69 Å². The first kappa shape index (κ1) is 30.1. The van der Waals surface area contributed by atoms with Crippen molar-refractivity contribution in [2.75, 3.05) is 10.9 Å². The second-order valence-corrected chi connectivity index (χ2v) is 13.7. The smallest absolute Gasteiger partial charge is 0.268 e. The summed E-state index contributed by atoms with van der Waals surface area (Å²) in [5, 5.41) is 13.0. The summed E-state index contributed by atoms with van der Waals surface area (Å²) in [6.07, 6.45) is 0. The summed E-state index contributed by atoms with van der Waals surface area (Å²) in [6, 6.07) is 31.0. The number of aliphatic hydroxyl groups is 1. The Morgan fingerprint density at radius 2 is 1.53 bits per heavy atom. The first-order chi connectivity index (χ1) is 20.5. The van der Waals surface area contributed by atoms with Gasteiger partial charge in [-0.3, -0.25) is 9.10 Å². The molecule has 5 rings (SSSR count). The van der Waals surface area contributed by atoms with Crippen LogP contribution in [-0.4, -0.2) is 37.1 Å². The predicted octanol–water partition coefficient (Wildman–Crippen LogP) is 6.64. The van der Waals surface area contributed by atoms with Gasteiger partial charge >= 0.3 is 0 Å². The highest BCUT2D eigenvalue weighted by molar-refractivity contribution is 7.92. The molecule has 8 heteroatoms. The number of benzene rings is 4. The highest BCUT2D eigenvalue weighted by Gasteiger charge is 2.28. The molecule has 0 aliphatic heterocycles. The van der Waals surface area contributed by atoms with Crippen LogP contribution < -0.4 is 9.62 Å². The maximum atomic E-state index is 14.3. The molecule has 0 aliphatic rings. The number of sulfonamides is 1. The lowest BCUT2D eigenvalue weighted by atomic mass is 9.87. The van der Waals surface area contributed by atoms with Crippen LogP contribution in [0.15, 0.2) is 108 Å². The SMILES string of the molecule is CC(CO)NC(=O)c1[nH]c2ccc(N(Cc3ccccc3)S(=O)(=O)c3ccc(C(C)(C)C)cc3)cc2c1-c1ccccc1. The Balaban J connectivity index is 1.67. The fourth-order valence-electron chi connectivity index (χ4n) is 5.07. The largest absolute Gasteiger partial charge is 0.394 e. The lowest BCUT2D eigenvalue weighted by Gasteiger charge is -2.26. The van der Waals surface area contributed by atoms with Gasteiger partial charge in [-0.2, -0.15) is 0 Å². The highest BCUT2D eigenvalue weighted by Crippen LogP contribution is 2.37. The van der Waals surface area contributed by atoms with Crippen molar-refractivity contribution >= 4 is 32.5 Å². The van der Waals surface area contributed by atoms with Gasteiger partial charge in [0.2, 0.25) is 0 Å². The van der Waals surface area contributed by atoms with Crippen LogP contribution in [0.2, 0.25) is 0 Å². The molecule has 0 bridgehead atoms. The molecule has 1 heterocycles. The first-order valence-corrected chi connectivity index (χ1v) is 15.7. The number of anilines is 1. The number of hydrogen-bond donors (Lipinski definition) is 3. The third-order valence-corrected chi connectivity index (χ3v) is 9.28. The van der Waals surface area contributed by atoms with Crippen LogP contribution in [0.1, 0.15) is 49.3 Å². The van der Waals surface area contributed by atoms with Crippen LogP contribution in [0.3, 0.4) is 0 Å². The van der Waals surface area contributed by atoms with Crippen molar-refractivity contribution in [2.24, 2.45) is 0 Å². The van der Waals surface area contributed by atoms with Crippen molar-refractivity contribution in [3.8, 4) is 11.1 Å². The van der Waals surface area contributed by atoms with Crippen molar-refractivity contribution in [3.05, 3.63) is 120 Å². The van der Waals surface area contributed by atoms with Crippen molar-refractivity contribution in [1.82, 2.24) is 10.3 Å². The summed E-state index contributed by atoms with van der Waals surface area (Å²) in [6.45, 7) is 7.93. The normalized spacial score (nSPS) is 12.7. The van der Waals surface area contributed by atoms with Crippen LogP contribution in [0.5, 0.6) is 0 Å². The van der Waals surface area contributed by atoms with Gasteiger partial charge in [-0.1, -0.05) is 93.6 Å². The van der Waals surface area contributed by atoms with E-state index in [1.165, 1.54) is 4.31 Å². The molecule has 5 aromatic rings. The number of hydrogen-bond acceptors (Lipinski definition) is 4. The number of aliphatic hydroxyl groups excluding tert-OH is 1. The third-order valence-electron chi connectivity index (χ3n) is 7.49. The van der Waals surface area contributed by atoms with Gasteiger partial charge in [-0.15, -0.1) is 0 Å². The summed E-state index contributed by atoms with van der Waals surface area (Å²) >= 11 is 0. The fraction of sp³-hybridized carbons (Fsp3) is 0.229. The Hall–Kier alpha value is -4.40. The average molecular weight is 596 g/mol. The van der Waals surface area contributed by atoms with Crippen LogP contribution >= 0.6 is 0 Å². The molecular formula is C35H37N3O4S. The number of carbonyl (C=O) groups is 1. The minimum atomic E-state index is -3.97. The van der Waals surface area contributed by atoms with Crippen molar-refractivity contribution in [2.45, 2.75) is 50.6 Å². The summed E-state index contributed by atoms with van der Waals surface area (Å²) < 4.78 is 30.0. The molecular weight excluding hydrogens is 558 g/mol. The van der Waals surface area contributed by atoms with E-state index >= 15 is 0 Å². The van der Waals surface area contributed by atoms with Crippen LogP contribution in [0, 0.1) is 0 Å². The molecule has 0 fully saturated rings. The van der Waals surface area contributed by atoms with Gasteiger partial charge < -0.3 is 15.4 Å². The lowest BCUT2D eigenvalue weighted by Crippen LogP contribution is -2.35. The van der Waals surface area contributed by atoms with E-state index in [9.17, 15) is 18.3 Å². The summed E-state index contributed by atoms with van der Waals surface area (Å²) in [4.78, 5) is 16.8. The molecule has 7 nitrogen and oxygen atoms in total. The summed E-state index contributed by atoms with van der Waals surface area (Å²) in [7, 11) is -3.97. The zero-order valence-electron chi connectivity index (χ0n) is 24.8. The average Bonchev–Trinajstić information content (AvgIpc) is 3.39. The summed E-state index contributed by atoms with van der Waals surface area (Å²) in [5.41, 5.74) is 4.75. The van der Waals surface area contributed by atoms with E-state index in [1.807, 2.05) is 78.9 Å². The Morgan fingerprint density at radius 1 is 0.907 bits per heavy atom. The molecule has 0 saturated carbocycles. The fourth-order valence-corrected chi connectivity index (χ4v) is 6.51. The minimum Gasteiger partial charge on any atom is -0.394 e. The molecule has 0 aliphatic carbocycles. The number of aromatic amines is 1. The van der Waals surface area contributed by atoms with Gasteiger partial charge in [0.25, 0.3) is 15.9 Å². The van der Waals surface area contributed by atoms with Gasteiger partial charge in [0.15, 0.2) is 0 Å².